The number of aromatic nitrogens is 5. The number of imidazole rings is 1. The number of rotatable bonds is 9. The Bertz CT molecular complexity index is 1680. The Hall–Kier alpha value is -4.63. The third-order valence-electron chi connectivity index (χ3n) is 6.03. The summed E-state index contributed by atoms with van der Waals surface area (Å²) in [6.07, 6.45) is 0. The van der Waals surface area contributed by atoms with Crippen molar-refractivity contribution >= 4 is 39.5 Å². The monoisotopic (exact) mass is 520 g/mol. The van der Waals surface area contributed by atoms with Crippen LogP contribution in [0.25, 0.3) is 27.5 Å². The highest BCUT2D eigenvalue weighted by Crippen LogP contribution is 2.25. The molecule has 0 bridgehead atoms. The zero-order chi connectivity index (χ0) is 25.7. The molecule has 188 valence electrons. The Morgan fingerprint density at radius 2 is 1.68 bits per heavy atom. The summed E-state index contributed by atoms with van der Waals surface area (Å²) >= 11 is 1.53. The van der Waals surface area contributed by atoms with Gasteiger partial charge in [-0.1, -0.05) is 72.4 Å². The van der Waals surface area contributed by atoms with Gasteiger partial charge < -0.3 is 15.0 Å². The molecule has 0 aliphatic rings. The van der Waals surface area contributed by atoms with Gasteiger partial charge in [0.15, 0.2) is 17.6 Å². The molecule has 1 amide bonds. The lowest BCUT2D eigenvalue weighted by Gasteiger charge is -2.11. The maximum absolute atomic E-state index is 12.6. The normalized spacial score (nSPS) is 11.2. The van der Waals surface area contributed by atoms with Crippen LogP contribution in [0.4, 0.5) is 0 Å². The highest BCUT2D eigenvalue weighted by molar-refractivity contribution is 7.98. The first-order chi connectivity index (χ1) is 18.7. The van der Waals surface area contributed by atoms with E-state index in [0.717, 1.165) is 33.3 Å². The number of carbonyl (C=O) groups is 1. The number of aromatic amines is 1. The second-order valence-electron chi connectivity index (χ2n) is 8.63. The number of nitrogens with zero attached hydrogens (tertiary/aromatic N) is 4. The van der Waals surface area contributed by atoms with Crippen molar-refractivity contribution in [1.82, 2.24) is 30.0 Å². The molecule has 0 aliphatic heterocycles. The van der Waals surface area contributed by atoms with E-state index in [2.05, 4.69) is 25.5 Å². The molecule has 0 aliphatic carbocycles. The predicted molar refractivity (Wildman–Crippen MR) is 148 cm³/mol. The van der Waals surface area contributed by atoms with Crippen molar-refractivity contribution in [3.05, 3.63) is 109 Å². The molecule has 0 unspecified atom stereocenters. The molecule has 6 rings (SSSR count). The Morgan fingerprint density at radius 3 is 2.55 bits per heavy atom. The van der Waals surface area contributed by atoms with Crippen LogP contribution in [0.5, 0.6) is 5.75 Å². The summed E-state index contributed by atoms with van der Waals surface area (Å²) in [7, 11) is 0. The lowest BCUT2D eigenvalue weighted by Crippen LogP contribution is -2.29. The van der Waals surface area contributed by atoms with Gasteiger partial charge in [-0.25, -0.2) is 4.98 Å². The quantitative estimate of drug-likeness (QED) is 0.252. The Labute approximate surface area is 223 Å². The number of amides is 1. The van der Waals surface area contributed by atoms with E-state index in [1.807, 2.05) is 102 Å². The van der Waals surface area contributed by atoms with Gasteiger partial charge in [-0.2, -0.15) is 0 Å². The molecule has 4 aromatic carbocycles. The zero-order valence-electron chi connectivity index (χ0n) is 20.4. The molecule has 0 spiro atoms. The predicted octanol–water partition coefficient (Wildman–Crippen LogP) is 5.28. The lowest BCUT2D eigenvalue weighted by molar-refractivity contribution is -0.123. The molecule has 2 heterocycles. The number of thioether (sulfide) groups is 1. The van der Waals surface area contributed by atoms with Gasteiger partial charge in [0.2, 0.25) is 0 Å². The van der Waals surface area contributed by atoms with Crippen LogP contribution in [-0.2, 0) is 17.1 Å². The van der Waals surface area contributed by atoms with E-state index >= 15 is 0 Å². The van der Waals surface area contributed by atoms with Crippen molar-refractivity contribution in [2.24, 2.45) is 0 Å². The van der Waals surface area contributed by atoms with E-state index < -0.39 is 0 Å². The van der Waals surface area contributed by atoms with Gasteiger partial charge in [-0.15, -0.1) is 10.2 Å². The minimum atomic E-state index is -0.239. The number of carbonyl (C=O) groups excluding carboxylic acids is 1. The van der Waals surface area contributed by atoms with Gasteiger partial charge in [-0.3, -0.25) is 9.36 Å². The number of benzene rings is 4. The summed E-state index contributed by atoms with van der Waals surface area (Å²) in [5.41, 5.74) is 2.85. The van der Waals surface area contributed by atoms with Gasteiger partial charge in [0.25, 0.3) is 5.91 Å². The summed E-state index contributed by atoms with van der Waals surface area (Å²) < 4.78 is 7.68. The standard InChI is InChI=1S/C29H24N6O2S/c36-28(18-37-23-15-14-20-8-4-5-9-21(20)16-23)30-17-27-33-34-29(35(27)22-10-2-1-3-11-22)38-19-26-31-24-12-6-7-13-25(24)32-26/h1-16H,17-19H2,(H,30,36)(H,31,32). The highest BCUT2D eigenvalue weighted by atomic mass is 32.2. The summed E-state index contributed by atoms with van der Waals surface area (Å²) in [6.45, 7) is 0.123. The number of para-hydroxylation sites is 3. The van der Waals surface area contributed by atoms with Crippen LogP contribution in [0.3, 0.4) is 0 Å². The maximum Gasteiger partial charge on any atom is 0.258 e. The third-order valence-corrected chi connectivity index (χ3v) is 6.97. The van der Waals surface area contributed by atoms with E-state index in [1.54, 1.807) is 0 Å². The Balaban J connectivity index is 1.13. The number of ether oxygens (including phenoxy) is 1. The SMILES string of the molecule is O=C(COc1ccc2ccccc2c1)NCc1nnc(SCc2nc3ccccc3[nH]2)n1-c1ccccc1. The summed E-state index contributed by atoms with van der Waals surface area (Å²) in [4.78, 5) is 20.6. The highest BCUT2D eigenvalue weighted by Gasteiger charge is 2.16. The number of H-pyrrole nitrogens is 1. The molecule has 0 saturated heterocycles. The molecule has 0 atom stereocenters. The van der Waals surface area contributed by atoms with Crippen molar-refractivity contribution in [1.29, 1.82) is 0 Å². The maximum atomic E-state index is 12.6. The molecule has 0 fully saturated rings. The molecule has 0 radical (unpaired) electrons. The first kappa shape index (κ1) is 23.7. The van der Waals surface area contributed by atoms with Crippen LogP contribution < -0.4 is 10.1 Å². The number of fused-ring (bicyclic) bond motifs is 2. The first-order valence-electron chi connectivity index (χ1n) is 12.2. The smallest absolute Gasteiger partial charge is 0.258 e. The van der Waals surface area contributed by atoms with E-state index in [0.29, 0.717) is 22.5 Å². The first-order valence-corrected chi connectivity index (χ1v) is 13.2. The van der Waals surface area contributed by atoms with E-state index in [-0.39, 0.29) is 19.1 Å². The topological polar surface area (TPSA) is 97.7 Å². The van der Waals surface area contributed by atoms with Gasteiger partial charge in [-0.05, 0) is 47.2 Å². The summed E-state index contributed by atoms with van der Waals surface area (Å²) in [6, 6.07) is 31.6. The van der Waals surface area contributed by atoms with E-state index in [1.165, 1.54) is 11.8 Å². The van der Waals surface area contributed by atoms with Crippen LogP contribution >= 0.6 is 11.8 Å². The number of hydrogen-bond acceptors (Lipinski definition) is 6. The second kappa shape index (κ2) is 10.8. The van der Waals surface area contributed by atoms with Crippen LogP contribution in [-0.4, -0.2) is 37.2 Å². The fourth-order valence-corrected chi connectivity index (χ4v) is 5.03. The minimum Gasteiger partial charge on any atom is -0.484 e. The molecule has 6 aromatic rings. The molecular formula is C29H24N6O2S. The molecular weight excluding hydrogens is 496 g/mol. The van der Waals surface area contributed by atoms with Crippen molar-refractivity contribution in [2.75, 3.05) is 6.61 Å². The second-order valence-corrected chi connectivity index (χ2v) is 9.58. The molecule has 0 saturated carbocycles. The van der Waals surface area contributed by atoms with Gasteiger partial charge in [0.05, 0.1) is 23.3 Å². The summed E-state index contributed by atoms with van der Waals surface area (Å²) in [5.74, 6) is 2.50. The lowest BCUT2D eigenvalue weighted by atomic mass is 10.1. The fraction of sp³-hybridized carbons (Fsp3) is 0.103. The third kappa shape index (κ3) is 5.23. The van der Waals surface area contributed by atoms with Gasteiger partial charge >= 0.3 is 0 Å². The van der Waals surface area contributed by atoms with E-state index in [4.69, 9.17) is 4.74 Å². The molecule has 2 N–H and O–H groups in total. The Morgan fingerprint density at radius 1 is 0.895 bits per heavy atom. The average molecular weight is 521 g/mol. The van der Waals surface area contributed by atoms with Crippen LogP contribution in [0.2, 0.25) is 0 Å². The Kier molecular flexibility index (Phi) is 6.73. The van der Waals surface area contributed by atoms with Crippen molar-refractivity contribution in [3.8, 4) is 11.4 Å². The van der Waals surface area contributed by atoms with Gasteiger partial charge in [0.1, 0.15) is 11.6 Å². The number of nitrogens with one attached hydrogen (secondary N) is 2. The van der Waals surface area contributed by atoms with Crippen molar-refractivity contribution in [2.45, 2.75) is 17.5 Å². The van der Waals surface area contributed by atoms with Gasteiger partial charge in [0, 0.05) is 5.69 Å². The van der Waals surface area contributed by atoms with Crippen molar-refractivity contribution in [3.63, 3.8) is 0 Å². The van der Waals surface area contributed by atoms with Crippen LogP contribution in [0.1, 0.15) is 11.6 Å². The fourth-order valence-electron chi connectivity index (χ4n) is 4.19. The molecule has 2 aromatic heterocycles. The largest absolute Gasteiger partial charge is 0.484 e. The summed E-state index contributed by atoms with van der Waals surface area (Å²) in [5, 5.41) is 14.6. The van der Waals surface area contributed by atoms with E-state index in [9.17, 15) is 4.79 Å². The molecule has 8 nitrogen and oxygen atoms in total. The number of hydrogen-bond donors (Lipinski definition) is 2. The minimum absolute atomic E-state index is 0.0918. The van der Waals surface area contributed by atoms with Crippen molar-refractivity contribution < 1.29 is 9.53 Å². The van der Waals surface area contributed by atoms with Crippen LogP contribution in [0, 0.1) is 0 Å². The van der Waals surface area contributed by atoms with Crippen LogP contribution in [0.15, 0.2) is 102 Å². The molecule has 9 heteroatoms. The molecule has 38 heavy (non-hydrogen) atoms. The average Bonchev–Trinajstić information content (AvgIpc) is 3.57. The zero-order valence-corrected chi connectivity index (χ0v) is 21.2.